The van der Waals surface area contributed by atoms with Crippen LogP contribution in [0.4, 0.5) is 0 Å². The predicted molar refractivity (Wildman–Crippen MR) is 119 cm³/mol. The Labute approximate surface area is 177 Å². The van der Waals surface area contributed by atoms with Crippen molar-refractivity contribution in [1.82, 2.24) is 15.2 Å². The number of H-pyrrole nitrogens is 1. The highest BCUT2D eigenvalue weighted by molar-refractivity contribution is 5.88. The number of carbonyl (C=O) groups excluding carboxylic acids is 2. The second-order valence-electron chi connectivity index (χ2n) is 8.27. The number of hydrogen-bond donors (Lipinski definition) is 2. The van der Waals surface area contributed by atoms with Crippen molar-refractivity contribution in [3.8, 4) is 0 Å². The first-order valence-corrected chi connectivity index (χ1v) is 10.8. The van der Waals surface area contributed by atoms with E-state index in [9.17, 15) is 9.59 Å². The fourth-order valence-corrected chi connectivity index (χ4v) is 4.46. The zero-order valence-corrected chi connectivity index (χ0v) is 17.5. The molecular weight excluding hydrogens is 374 g/mol. The molecule has 156 valence electrons. The number of rotatable bonds is 8. The van der Waals surface area contributed by atoms with Gasteiger partial charge in [0, 0.05) is 43.2 Å². The number of fused-ring (bicyclic) bond motifs is 1. The number of amides is 2. The topological polar surface area (TPSA) is 65.2 Å². The third kappa shape index (κ3) is 4.11. The number of aryl methyl sites for hydroxylation is 1. The van der Waals surface area contributed by atoms with Gasteiger partial charge in [0.05, 0.1) is 5.41 Å². The lowest BCUT2D eigenvalue weighted by Gasteiger charge is -2.49. The van der Waals surface area contributed by atoms with Crippen molar-refractivity contribution in [1.29, 1.82) is 0 Å². The Morgan fingerprint density at radius 1 is 1.07 bits per heavy atom. The minimum absolute atomic E-state index is 0.0525. The molecule has 0 bridgehead atoms. The van der Waals surface area contributed by atoms with Crippen molar-refractivity contribution in [2.24, 2.45) is 5.41 Å². The van der Waals surface area contributed by atoms with Crippen molar-refractivity contribution in [2.75, 3.05) is 19.6 Å². The van der Waals surface area contributed by atoms with E-state index in [1.807, 2.05) is 60.5 Å². The normalized spacial score (nSPS) is 15.0. The number of nitrogens with one attached hydrogen (secondary N) is 2. The van der Waals surface area contributed by atoms with E-state index in [-0.39, 0.29) is 11.8 Å². The number of nitrogens with zero attached hydrogens (tertiary/aromatic N) is 1. The molecule has 1 aromatic heterocycles. The number of benzene rings is 2. The second kappa shape index (κ2) is 8.74. The lowest BCUT2D eigenvalue weighted by molar-refractivity contribution is -0.153. The van der Waals surface area contributed by atoms with Crippen LogP contribution < -0.4 is 5.32 Å². The van der Waals surface area contributed by atoms with Crippen molar-refractivity contribution in [3.05, 3.63) is 71.9 Å². The number of hydrogen-bond acceptors (Lipinski definition) is 2. The van der Waals surface area contributed by atoms with Gasteiger partial charge in [-0.2, -0.15) is 0 Å². The van der Waals surface area contributed by atoms with Gasteiger partial charge in [0.1, 0.15) is 0 Å². The van der Waals surface area contributed by atoms with E-state index in [0.29, 0.717) is 32.5 Å². The highest BCUT2D eigenvalue weighted by atomic mass is 16.2. The summed E-state index contributed by atoms with van der Waals surface area (Å²) in [6.45, 7) is 3.54. The van der Waals surface area contributed by atoms with Gasteiger partial charge in [-0.15, -0.1) is 0 Å². The van der Waals surface area contributed by atoms with Crippen LogP contribution in [-0.4, -0.2) is 41.3 Å². The predicted octanol–water partition coefficient (Wildman–Crippen LogP) is 3.70. The second-order valence-corrected chi connectivity index (χ2v) is 8.27. The molecule has 1 aliphatic rings. The molecule has 1 fully saturated rings. The average molecular weight is 404 g/mol. The maximum atomic E-state index is 12.8. The van der Waals surface area contributed by atoms with E-state index in [4.69, 9.17) is 0 Å². The Morgan fingerprint density at radius 3 is 2.57 bits per heavy atom. The van der Waals surface area contributed by atoms with Crippen LogP contribution in [0.2, 0.25) is 0 Å². The number of aromatic amines is 1. The van der Waals surface area contributed by atoms with Crippen LogP contribution in [0.15, 0.2) is 60.8 Å². The molecule has 0 atom stereocenters. The Kier molecular flexibility index (Phi) is 5.88. The van der Waals surface area contributed by atoms with Gasteiger partial charge in [-0.3, -0.25) is 9.59 Å². The first-order chi connectivity index (χ1) is 14.6. The molecule has 0 radical (unpaired) electrons. The van der Waals surface area contributed by atoms with Gasteiger partial charge in [0.25, 0.3) is 0 Å². The van der Waals surface area contributed by atoms with Crippen LogP contribution in [0.3, 0.4) is 0 Å². The first kappa shape index (κ1) is 20.2. The Bertz CT molecular complexity index is 1020. The molecule has 5 heteroatoms. The Balaban J connectivity index is 1.33. The van der Waals surface area contributed by atoms with Gasteiger partial charge in [-0.25, -0.2) is 0 Å². The molecule has 4 rings (SSSR count). The molecule has 2 aromatic carbocycles. The summed E-state index contributed by atoms with van der Waals surface area (Å²) in [6, 6.07) is 18.3. The van der Waals surface area contributed by atoms with Crippen molar-refractivity contribution >= 4 is 22.7 Å². The largest absolute Gasteiger partial charge is 0.361 e. The highest BCUT2D eigenvalue weighted by Gasteiger charge is 2.50. The quantitative estimate of drug-likeness (QED) is 0.602. The summed E-state index contributed by atoms with van der Waals surface area (Å²) in [7, 11) is 0. The van der Waals surface area contributed by atoms with Crippen LogP contribution in [0.1, 0.15) is 30.9 Å². The minimum Gasteiger partial charge on any atom is -0.361 e. The van der Waals surface area contributed by atoms with E-state index >= 15 is 0 Å². The van der Waals surface area contributed by atoms with Gasteiger partial charge >= 0.3 is 0 Å². The molecule has 0 unspecified atom stereocenters. The molecule has 2 N–H and O–H groups in total. The molecule has 3 aromatic rings. The van der Waals surface area contributed by atoms with Gasteiger partial charge in [-0.1, -0.05) is 48.5 Å². The van der Waals surface area contributed by atoms with E-state index in [1.54, 1.807) is 0 Å². The van der Waals surface area contributed by atoms with Crippen LogP contribution in [0, 0.1) is 5.41 Å². The SMILES string of the molecule is CCNC(=O)C1(Cc2ccccc2)CN(C(=O)CCCc2c[nH]c3ccccc23)C1. The minimum atomic E-state index is -0.510. The number of para-hydroxylation sites is 1. The summed E-state index contributed by atoms with van der Waals surface area (Å²) >= 11 is 0. The first-order valence-electron chi connectivity index (χ1n) is 10.8. The van der Waals surface area contributed by atoms with Crippen LogP contribution >= 0.6 is 0 Å². The van der Waals surface area contributed by atoms with Crippen molar-refractivity contribution < 1.29 is 9.59 Å². The fraction of sp³-hybridized carbons (Fsp3) is 0.360. The Morgan fingerprint density at radius 2 is 1.80 bits per heavy atom. The lowest BCUT2D eigenvalue weighted by atomic mass is 9.73. The maximum Gasteiger partial charge on any atom is 0.230 e. The lowest BCUT2D eigenvalue weighted by Crippen LogP contribution is -2.65. The van der Waals surface area contributed by atoms with Gasteiger partial charge in [0.2, 0.25) is 11.8 Å². The van der Waals surface area contributed by atoms with Gasteiger partial charge in [-0.05, 0) is 43.4 Å². The molecule has 2 amide bonds. The zero-order valence-electron chi connectivity index (χ0n) is 17.5. The summed E-state index contributed by atoms with van der Waals surface area (Å²) in [5, 5.41) is 4.20. The molecule has 30 heavy (non-hydrogen) atoms. The molecule has 2 heterocycles. The monoisotopic (exact) mass is 403 g/mol. The summed E-state index contributed by atoms with van der Waals surface area (Å²) in [6.07, 6.45) is 4.90. The van der Waals surface area contributed by atoms with E-state index in [0.717, 1.165) is 23.9 Å². The standard InChI is InChI=1S/C25H29N3O2/c1-2-26-24(30)25(15-19-9-4-3-5-10-19)17-28(18-25)23(29)14-8-11-20-16-27-22-13-7-6-12-21(20)22/h3-7,9-10,12-13,16,27H,2,8,11,14-15,17-18H2,1H3,(H,26,30). The van der Waals surface area contributed by atoms with Gasteiger partial charge in [0.15, 0.2) is 0 Å². The Hall–Kier alpha value is -3.08. The number of aromatic nitrogens is 1. The summed E-state index contributed by atoms with van der Waals surface area (Å²) in [5.74, 6) is 0.194. The maximum absolute atomic E-state index is 12.8. The molecular formula is C25H29N3O2. The smallest absolute Gasteiger partial charge is 0.230 e. The molecule has 1 saturated heterocycles. The fourth-order valence-electron chi connectivity index (χ4n) is 4.46. The summed E-state index contributed by atoms with van der Waals surface area (Å²) in [4.78, 5) is 30.6. The third-order valence-corrected chi connectivity index (χ3v) is 6.06. The number of likely N-dealkylation sites (tertiary alicyclic amines) is 1. The van der Waals surface area contributed by atoms with Crippen LogP contribution in [0.5, 0.6) is 0 Å². The van der Waals surface area contributed by atoms with E-state index in [2.05, 4.69) is 22.4 Å². The molecule has 0 spiro atoms. The molecule has 1 aliphatic heterocycles. The average Bonchev–Trinajstić information content (AvgIpc) is 3.14. The summed E-state index contributed by atoms with van der Waals surface area (Å²) < 4.78 is 0. The molecule has 0 aliphatic carbocycles. The van der Waals surface area contributed by atoms with E-state index in [1.165, 1.54) is 10.9 Å². The summed E-state index contributed by atoms with van der Waals surface area (Å²) in [5.41, 5.74) is 3.01. The van der Waals surface area contributed by atoms with Crippen molar-refractivity contribution in [2.45, 2.75) is 32.6 Å². The molecule has 0 saturated carbocycles. The van der Waals surface area contributed by atoms with Gasteiger partial charge < -0.3 is 15.2 Å². The highest BCUT2D eigenvalue weighted by Crippen LogP contribution is 2.35. The van der Waals surface area contributed by atoms with E-state index < -0.39 is 5.41 Å². The molecule has 5 nitrogen and oxygen atoms in total. The van der Waals surface area contributed by atoms with Crippen molar-refractivity contribution in [3.63, 3.8) is 0 Å². The van der Waals surface area contributed by atoms with Crippen LogP contribution in [-0.2, 0) is 22.4 Å². The zero-order chi connectivity index (χ0) is 21.0. The third-order valence-electron chi connectivity index (χ3n) is 6.06. The van der Waals surface area contributed by atoms with Crippen LogP contribution in [0.25, 0.3) is 10.9 Å². The number of carbonyl (C=O) groups is 2.